The van der Waals surface area contributed by atoms with Crippen molar-refractivity contribution in [2.24, 2.45) is 0 Å². The molecule has 0 saturated heterocycles. The largest absolute Gasteiger partial charge is 0.419 e. The minimum atomic E-state index is -4.68. The summed E-state index contributed by atoms with van der Waals surface area (Å²) in [5, 5.41) is -0.376. The van der Waals surface area contributed by atoms with Gasteiger partial charge in [0.05, 0.1) is 20.8 Å². The van der Waals surface area contributed by atoms with Gasteiger partial charge in [-0.05, 0) is 18.2 Å². The fraction of sp³-hybridized carbons (Fsp3) is 0.0833. The Hall–Kier alpha value is -0.680. The van der Waals surface area contributed by atoms with E-state index in [0.717, 1.165) is 12.3 Å². The van der Waals surface area contributed by atoms with Crippen molar-refractivity contribution in [2.75, 3.05) is 0 Å². The summed E-state index contributed by atoms with van der Waals surface area (Å²) in [4.78, 5) is 3.71. The minimum absolute atomic E-state index is 0.0287. The SMILES string of the molecule is FC(F)(F)c1c(Cl)ccnc1-c1cc(Cl)cc(Cl)c1Cl. The molecule has 0 saturated carbocycles. The number of nitrogens with zero attached hydrogens (tertiary/aromatic N) is 1. The third kappa shape index (κ3) is 2.98. The van der Waals surface area contributed by atoms with E-state index < -0.39 is 22.5 Å². The van der Waals surface area contributed by atoms with Crippen molar-refractivity contribution in [3.8, 4) is 11.3 Å². The number of alkyl halides is 3. The molecule has 8 heteroatoms. The normalized spacial score (nSPS) is 11.8. The predicted molar refractivity (Wildman–Crippen MR) is 74.7 cm³/mol. The van der Waals surface area contributed by atoms with E-state index in [-0.39, 0.29) is 20.6 Å². The summed E-state index contributed by atoms with van der Waals surface area (Å²) in [6, 6.07) is 3.63. The molecule has 0 radical (unpaired) electrons. The van der Waals surface area contributed by atoms with E-state index in [0.29, 0.717) is 0 Å². The first-order chi connectivity index (χ1) is 9.21. The van der Waals surface area contributed by atoms with Gasteiger partial charge in [-0.1, -0.05) is 46.4 Å². The first-order valence-corrected chi connectivity index (χ1v) is 6.59. The van der Waals surface area contributed by atoms with E-state index in [9.17, 15) is 13.2 Å². The molecule has 0 aliphatic rings. The van der Waals surface area contributed by atoms with Crippen LogP contribution in [0.25, 0.3) is 11.3 Å². The molecule has 0 aliphatic carbocycles. The third-order valence-corrected chi connectivity index (χ3v) is 3.77. The standard InChI is InChI=1S/C12H4Cl4F3N/c13-5-3-6(10(16)8(15)4-5)11-9(12(17,18)19)7(14)1-2-20-11/h1-4H. The maximum absolute atomic E-state index is 13.1. The number of benzene rings is 1. The molecule has 0 amide bonds. The Balaban J connectivity index is 2.81. The Morgan fingerprint density at radius 1 is 0.950 bits per heavy atom. The Morgan fingerprint density at radius 3 is 2.20 bits per heavy atom. The van der Waals surface area contributed by atoms with Crippen LogP contribution in [-0.2, 0) is 6.18 Å². The Morgan fingerprint density at radius 2 is 1.60 bits per heavy atom. The zero-order chi connectivity index (χ0) is 15.1. The van der Waals surface area contributed by atoms with Crippen LogP contribution in [0.2, 0.25) is 20.1 Å². The lowest BCUT2D eigenvalue weighted by Crippen LogP contribution is -2.09. The highest BCUT2D eigenvalue weighted by molar-refractivity contribution is 6.45. The Kier molecular flexibility index (Phi) is 4.40. The monoisotopic (exact) mass is 359 g/mol. The highest BCUT2D eigenvalue weighted by Gasteiger charge is 2.37. The lowest BCUT2D eigenvalue weighted by Gasteiger charge is -2.15. The second kappa shape index (κ2) is 5.60. The molecule has 1 nitrogen and oxygen atoms in total. The molecule has 1 heterocycles. The minimum Gasteiger partial charge on any atom is -0.255 e. The second-order valence-electron chi connectivity index (χ2n) is 3.76. The lowest BCUT2D eigenvalue weighted by molar-refractivity contribution is -0.137. The van der Waals surface area contributed by atoms with Crippen LogP contribution < -0.4 is 0 Å². The van der Waals surface area contributed by atoms with E-state index >= 15 is 0 Å². The van der Waals surface area contributed by atoms with Crippen LogP contribution in [0.1, 0.15) is 5.56 Å². The van der Waals surface area contributed by atoms with Crippen LogP contribution in [-0.4, -0.2) is 4.98 Å². The van der Waals surface area contributed by atoms with Crippen LogP contribution in [0.3, 0.4) is 0 Å². The van der Waals surface area contributed by atoms with Gasteiger partial charge in [-0.3, -0.25) is 4.98 Å². The summed E-state index contributed by atoms with van der Waals surface area (Å²) in [7, 11) is 0. The molecule has 2 aromatic rings. The number of rotatable bonds is 1. The van der Waals surface area contributed by atoms with Crippen LogP contribution in [0.4, 0.5) is 13.2 Å². The van der Waals surface area contributed by atoms with Gasteiger partial charge in [-0.15, -0.1) is 0 Å². The van der Waals surface area contributed by atoms with Crippen molar-refractivity contribution < 1.29 is 13.2 Å². The number of pyridine rings is 1. The van der Waals surface area contributed by atoms with E-state index in [1.807, 2.05) is 0 Å². The summed E-state index contributed by atoms with van der Waals surface area (Å²) < 4.78 is 39.3. The van der Waals surface area contributed by atoms with Crippen molar-refractivity contribution in [3.05, 3.63) is 50.0 Å². The zero-order valence-corrected chi connectivity index (χ0v) is 12.4. The highest BCUT2D eigenvalue weighted by atomic mass is 35.5. The van der Waals surface area contributed by atoms with Gasteiger partial charge in [0.15, 0.2) is 0 Å². The van der Waals surface area contributed by atoms with Gasteiger partial charge < -0.3 is 0 Å². The van der Waals surface area contributed by atoms with Gasteiger partial charge in [0.25, 0.3) is 0 Å². The molecule has 0 spiro atoms. The summed E-state index contributed by atoms with van der Waals surface area (Å²) in [5.74, 6) is 0. The third-order valence-electron chi connectivity index (χ3n) is 2.43. The number of hydrogen-bond donors (Lipinski definition) is 0. The number of halogens is 7. The van der Waals surface area contributed by atoms with Crippen molar-refractivity contribution in [2.45, 2.75) is 6.18 Å². The molecule has 0 N–H and O–H groups in total. The van der Waals surface area contributed by atoms with E-state index in [4.69, 9.17) is 46.4 Å². The van der Waals surface area contributed by atoms with Gasteiger partial charge in [-0.2, -0.15) is 13.2 Å². The Labute approximate surface area is 132 Å². The van der Waals surface area contributed by atoms with Crippen LogP contribution in [0.15, 0.2) is 24.4 Å². The molecular weight excluding hydrogens is 357 g/mol. The molecule has 106 valence electrons. The van der Waals surface area contributed by atoms with Crippen LogP contribution in [0.5, 0.6) is 0 Å². The molecule has 1 aromatic carbocycles. The summed E-state index contributed by atoms with van der Waals surface area (Å²) in [5.41, 5.74) is -1.53. The van der Waals surface area contributed by atoms with Crippen LogP contribution >= 0.6 is 46.4 Å². The predicted octanol–water partition coefficient (Wildman–Crippen LogP) is 6.38. The van der Waals surface area contributed by atoms with E-state index in [1.54, 1.807) is 0 Å². The van der Waals surface area contributed by atoms with Crippen LogP contribution in [0, 0.1) is 0 Å². The van der Waals surface area contributed by atoms with E-state index in [1.165, 1.54) is 12.1 Å². The van der Waals surface area contributed by atoms with Gasteiger partial charge in [0.1, 0.15) is 5.56 Å². The van der Waals surface area contributed by atoms with Crippen molar-refractivity contribution in [3.63, 3.8) is 0 Å². The zero-order valence-electron chi connectivity index (χ0n) is 9.40. The molecule has 0 fully saturated rings. The van der Waals surface area contributed by atoms with Crippen molar-refractivity contribution in [1.82, 2.24) is 4.98 Å². The quantitative estimate of drug-likeness (QED) is 0.537. The summed E-state index contributed by atoms with van der Waals surface area (Å²) in [6.07, 6.45) is -3.53. The topological polar surface area (TPSA) is 12.9 Å². The smallest absolute Gasteiger partial charge is 0.255 e. The average molecular weight is 361 g/mol. The Bertz CT molecular complexity index is 670. The molecule has 0 bridgehead atoms. The van der Waals surface area contributed by atoms with Crippen molar-refractivity contribution >= 4 is 46.4 Å². The van der Waals surface area contributed by atoms with E-state index in [2.05, 4.69) is 4.98 Å². The second-order valence-corrected chi connectivity index (χ2v) is 5.39. The highest BCUT2D eigenvalue weighted by Crippen LogP contribution is 2.44. The van der Waals surface area contributed by atoms with Gasteiger partial charge >= 0.3 is 6.18 Å². The fourth-order valence-electron chi connectivity index (χ4n) is 1.64. The summed E-state index contributed by atoms with van der Waals surface area (Å²) in [6.45, 7) is 0. The molecule has 0 unspecified atom stereocenters. The first-order valence-electron chi connectivity index (χ1n) is 5.08. The molecular formula is C12H4Cl4F3N. The fourth-order valence-corrected chi connectivity index (χ4v) is 2.59. The van der Waals surface area contributed by atoms with Gasteiger partial charge in [0.2, 0.25) is 0 Å². The number of aromatic nitrogens is 1. The molecule has 1 aromatic heterocycles. The molecule has 2 rings (SSSR count). The molecule has 20 heavy (non-hydrogen) atoms. The van der Waals surface area contributed by atoms with Gasteiger partial charge in [-0.25, -0.2) is 0 Å². The maximum atomic E-state index is 13.1. The summed E-state index contributed by atoms with van der Waals surface area (Å²) >= 11 is 23.2. The number of hydrogen-bond acceptors (Lipinski definition) is 1. The lowest BCUT2D eigenvalue weighted by atomic mass is 10.1. The van der Waals surface area contributed by atoms with Gasteiger partial charge in [0, 0.05) is 16.8 Å². The average Bonchev–Trinajstić information content (AvgIpc) is 2.31. The molecule has 0 aliphatic heterocycles. The first kappa shape index (κ1) is 15.7. The maximum Gasteiger partial charge on any atom is 0.419 e. The van der Waals surface area contributed by atoms with Crippen molar-refractivity contribution in [1.29, 1.82) is 0 Å². The molecule has 0 atom stereocenters.